The second-order valence-corrected chi connectivity index (χ2v) is 15.2. The van der Waals surface area contributed by atoms with Gasteiger partial charge < -0.3 is 24.6 Å². The van der Waals surface area contributed by atoms with Crippen LogP contribution in [0.2, 0.25) is 0 Å². The molecule has 0 atom stereocenters. The van der Waals surface area contributed by atoms with E-state index in [2.05, 4.69) is 22.2 Å². The Morgan fingerprint density at radius 2 is 1.74 bits per heavy atom. The van der Waals surface area contributed by atoms with E-state index >= 15 is 0 Å². The number of hydrogen-bond donors (Lipinski definition) is 2. The van der Waals surface area contributed by atoms with Crippen molar-refractivity contribution >= 4 is 20.9 Å². The minimum absolute atomic E-state index is 0.0212. The number of aromatic nitrogens is 2. The van der Waals surface area contributed by atoms with Gasteiger partial charge in [-0.1, -0.05) is 23.8 Å². The molecule has 11 heteroatoms. The number of benzene rings is 2. The number of aliphatic hydroxyl groups is 1. The number of nitrogens with one attached hydrogen (secondary N) is 1. The Kier molecular flexibility index (Phi) is 8.90. The van der Waals surface area contributed by atoms with Crippen molar-refractivity contribution in [3.8, 4) is 16.9 Å². The molecule has 0 bridgehead atoms. The van der Waals surface area contributed by atoms with E-state index in [9.17, 15) is 18.3 Å². The maximum Gasteiger partial charge on any atom is 0.275 e. The minimum Gasteiger partial charge on any atom is -0.490 e. The standard InChI is InChI=1S/C35H45N5O5S/c1-24-6-9-28(10-7-24)46(43,44)40-15-12-29-31(23-38(5)34(41)33(29)40)30-20-25(35(2,3)42)8-11-32(30)45-27-21-26(22-27)37(4)18-19-39-16-13-36-14-17-39/h6-12,15,20,23,26-27,36,42H,13-14,16-19,21-22H2,1-5H3. The van der Waals surface area contributed by atoms with Gasteiger partial charge in [-0.3, -0.25) is 9.69 Å². The van der Waals surface area contributed by atoms with Crippen LogP contribution in [0.15, 0.2) is 70.6 Å². The van der Waals surface area contributed by atoms with Crippen LogP contribution in [-0.2, 0) is 22.7 Å². The SMILES string of the molecule is Cc1ccc(S(=O)(=O)n2ccc3c(-c4cc(C(C)(C)O)ccc4OC4CC(N(C)CCN5CCNCC5)C4)cn(C)c(=O)c32)cc1. The second-order valence-electron chi connectivity index (χ2n) is 13.4. The normalized spacial score (nSPS) is 19.5. The number of piperazine rings is 1. The van der Waals surface area contributed by atoms with E-state index in [1.54, 1.807) is 57.4 Å². The molecule has 0 radical (unpaired) electrons. The predicted molar refractivity (Wildman–Crippen MR) is 181 cm³/mol. The number of nitrogens with zero attached hydrogens (tertiary/aromatic N) is 4. The second kappa shape index (κ2) is 12.6. The Balaban J connectivity index is 1.32. The Morgan fingerprint density at radius 3 is 2.41 bits per heavy atom. The number of pyridine rings is 1. The van der Waals surface area contributed by atoms with E-state index in [4.69, 9.17) is 4.74 Å². The third-order valence-electron chi connectivity index (χ3n) is 9.51. The molecule has 0 unspecified atom stereocenters. The van der Waals surface area contributed by atoms with Crippen molar-refractivity contribution in [2.75, 3.05) is 46.3 Å². The molecule has 4 aromatic rings. The molecule has 2 aromatic heterocycles. The molecule has 2 aromatic carbocycles. The maximum atomic E-state index is 13.7. The van der Waals surface area contributed by atoms with E-state index in [0.29, 0.717) is 33.9 Å². The van der Waals surface area contributed by atoms with Crippen LogP contribution in [0.5, 0.6) is 5.75 Å². The Bertz CT molecular complexity index is 1880. The quantitative estimate of drug-likeness (QED) is 0.269. The first-order valence-electron chi connectivity index (χ1n) is 16.0. The zero-order chi connectivity index (χ0) is 32.8. The van der Waals surface area contributed by atoms with Crippen LogP contribution < -0.4 is 15.6 Å². The van der Waals surface area contributed by atoms with Gasteiger partial charge in [-0.25, -0.2) is 12.4 Å². The monoisotopic (exact) mass is 647 g/mol. The van der Waals surface area contributed by atoms with E-state index in [1.165, 1.54) is 10.8 Å². The van der Waals surface area contributed by atoms with Crippen molar-refractivity contribution in [3.05, 3.63) is 82.4 Å². The van der Waals surface area contributed by atoms with Gasteiger partial charge in [0.05, 0.1) is 10.5 Å². The van der Waals surface area contributed by atoms with Gasteiger partial charge in [-0.15, -0.1) is 0 Å². The summed E-state index contributed by atoms with van der Waals surface area (Å²) in [5.74, 6) is 0.633. The molecule has 10 nitrogen and oxygen atoms in total. The fourth-order valence-corrected chi connectivity index (χ4v) is 7.73. The van der Waals surface area contributed by atoms with Crippen LogP contribution in [-0.4, -0.2) is 90.3 Å². The molecule has 2 fully saturated rings. The van der Waals surface area contributed by atoms with Crippen molar-refractivity contribution in [3.63, 3.8) is 0 Å². The molecular formula is C35H45N5O5S. The molecule has 46 heavy (non-hydrogen) atoms. The van der Waals surface area contributed by atoms with Gasteiger partial charge in [0.1, 0.15) is 17.4 Å². The third kappa shape index (κ3) is 6.39. The molecule has 2 N–H and O–H groups in total. The molecule has 6 rings (SSSR count). The summed E-state index contributed by atoms with van der Waals surface area (Å²) in [6.45, 7) is 11.7. The lowest BCUT2D eigenvalue weighted by molar-refractivity contribution is 0.0252. The number of fused-ring (bicyclic) bond motifs is 1. The lowest BCUT2D eigenvalue weighted by atomic mass is 9.87. The highest BCUT2D eigenvalue weighted by Gasteiger charge is 2.35. The van der Waals surface area contributed by atoms with Gasteiger partial charge in [0.15, 0.2) is 0 Å². The lowest BCUT2D eigenvalue weighted by Gasteiger charge is -2.42. The summed E-state index contributed by atoms with van der Waals surface area (Å²) in [4.78, 5) is 18.6. The minimum atomic E-state index is -4.04. The average molecular weight is 648 g/mol. The van der Waals surface area contributed by atoms with Crippen molar-refractivity contribution in [2.45, 2.75) is 56.3 Å². The van der Waals surface area contributed by atoms with Crippen molar-refractivity contribution in [2.24, 2.45) is 7.05 Å². The van der Waals surface area contributed by atoms with Gasteiger partial charge in [0.2, 0.25) is 0 Å². The first-order valence-corrected chi connectivity index (χ1v) is 17.5. The summed E-state index contributed by atoms with van der Waals surface area (Å²) in [6.07, 6.45) is 4.99. The van der Waals surface area contributed by atoms with Crippen molar-refractivity contribution in [1.82, 2.24) is 23.7 Å². The van der Waals surface area contributed by atoms with Gasteiger partial charge in [-0.2, -0.15) is 0 Å². The highest BCUT2D eigenvalue weighted by molar-refractivity contribution is 7.90. The summed E-state index contributed by atoms with van der Waals surface area (Å²) in [6, 6.07) is 14.3. The molecule has 1 saturated heterocycles. The third-order valence-corrected chi connectivity index (χ3v) is 11.2. The Labute approximate surface area is 271 Å². The van der Waals surface area contributed by atoms with Crippen LogP contribution in [0.3, 0.4) is 0 Å². The van der Waals surface area contributed by atoms with E-state index in [-0.39, 0.29) is 16.5 Å². The number of hydrogen-bond acceptors (Lipinski definition) is 8. The van der Waals surface area contributed by atoms with Gasteiger partial charge >= 0.3 is 0 Å². The zero-order valence-electron chi connectivity index (χ0n) is 27.4. The molecule has 1 aliphatic carbocycles. The van der Waals surface area contributed by atoms with Crippen molar-refractivity contribution in [1.29, 1.82) is 0 Å². The molecule has 246 valence electrons. The van der Waals surface area contributed by atoms with Crippen LogP contribution >= 0.6 is 0 Å². The van der Waals surface area contributed by atoms with E-state index < -0.39 is 21.2 Å². The summed E-state index contributed by atoms with van der Waals surface area (Å²) in [5, 5.41) is 14.8. The van der Waals surface area contributed by atoms with Gasteiger partial charge in [0, 0.05) is 94.1 Å². The summed E-state index contributed by atoms with van der Waals surface area (Å²) in [7, 11) is -0.235. The molecule has 0 spiro atoms. The van der Waals surface area contributed by atoms with Crippen molar-refractivity contribution < 1.29 is 18.3 Å². The smallest absolute Gasteiger partial charge is 0.275 e. The summed E-state index contributed by atoms with van der Waals surface area (Å²) < 4.78 is 36.6. The molecule has 2 aliphatic rings. The first-order chi connectivity index (χ1) is 21.8. The average Bonchev–Trinajstić information content (AvgIpc) is 3.46. The Hall–Kier alpha value is -3.48. The van der Waals surface area contributed by atoms with Crippen LogP contribution in [0, 0.1) is 6.92 Å². The molecular weight excluding hydrogens is 602 g/mol. The first kappa shape index (κ1) is 32.5. The van der Waals surface area contributed by atoms with E-state index in [0.717, 1.165) is 61.6 Å². The molecule has 1 saturated carbocycles. The topological polar surface area (TPSA) is 109 Å². The van der Waals surface area contributed by atoms with Crippen LogP contribution in [0.4, 0.5) is 0 Å². The largest absolute Gasteiger partial charge is 0.490 e. The Morgan fingerprint density at radius 1 is 1.04 bits per heavy atom. The lowest BCUT2D eigenvalue weighted by Crippen LogP contribution is -2.51. The van der Waals surface area contributed by atoms with E-state index in [1.807, 2.05) is 25.1 Å². The summed E-state index contributed by atoms with van der Waals surface area (Å²) in [5.41, 5.74) is 1.49. The number of ether oxygens (including phenoxy) is 1. The number of rotatable bonds is 10. The predicted octanol–water partition coefficient (Wildman–Crippen LogP) is 3.53. The molecule has 3 heterocycles. The van der Waals surface area contributed by atoms with Gasteiger partial charge in [0.25, 0.3) is 15.6 Å². The highest BCUT2D eigenvalue weighted by atomic mass is 32.2. The molecule has 1 aliphatic heterocycles. The van der Waals surface area contributed by atoms with Crippen LogP contribution in [0.25, 0.3) is 22.0 Å². The zero-order valence-corrected chi connectivity index (χ0v) is 28.2. The van der Waals surface area contributed by atoms with Gasteiger partial charge in [-0.05, 0) is 63.7 Å². The van der Waals surface area contributed by atoms with Crippen LogP contribution in [0.1, 0.15) is 37.8 Å². The highest BCUT2D eigenvalue weighted by Crippen LogP contribution is 2.40. The number of likely N-dealkylation sites (N-methyl/N-ethyl adjacent to an activating group) is 1. The summed E-state index contributed by atoms with van der Waals surface area (Å²) >= 11 is 0. The molecule has 0 amide bonds. The fraction of sp³-hybridized carbons (Fsp3) is 0.457. The maximum absolute atomic E-state index is 13.7. The number of aryl methyl sites for hydroxylation is 2. The fourth-order valence-electron chi connectivity index (χ4n) is 6.38.